The summed E-state index contributed by atoms with van der Waals surface area (Å²) >= 11 is 0. The first-order valence-corrected chi connectivity index (χ1v) is 6.78. The molecule has 0 aliphatic carbocycles. The second-order valence-corrected chi connectivity index (χ2v) is 4.90. The summed E-state index contributed by atoms with van der Waals surface area (Å²) in [5.74, 6) is -0.277. The van der Waals surface area contributed by atoms with Gasteiger partial charge in [-0.2, -0.15) is 0 Å². The van der Waals surface area contributed by atoms with Crippen molar-refractivity contribution in [2.45, 2.75) is 6.42 Å². The molecule has 1 N–H and O–H groups in total. The minimum Gasteiger partial charge on any atom is -0.315 e. The van der Waals surface area contributed by atoms with Crippen LogP contribution >= 0.6 is 0 Å². The SMILES string of the molecule is O=C(CN1CCCNCC1)n1nc2ccccn2c1=O. The summed E-state index contributed by atoms with van der Waals surface area (Å²) < 4.78 is 2.34. The predicted molar refractivity (Wildman–Crippen MR) is 74.0 cm³/mol. The number of hydrogen-bond donors (Lipinski definition) is 1. The monoisotopic (exact) mass is 275 g/mol. The van der Waals surface area contributed by atoms with Gasteiger partial charge in [0, 0.05) is 19.3 Å². The minimum absolute atomic E-state index is 0.228. The number of nitrogens with zero attached hydrogens (tertiary/aromatic N) is 4. The molecule has 0 bridgehead atoms. The molecule has 2 aromatic rings. The molecule has 0 saturated carbocycles. The first-order valence-electron chi connectivity index (χ1n) is 6.78. The molecule has 1 aliphatic rings. The topological polar surface area (TPSA) is 71.6 Å². The maximum absolute atomic E-state index is 12.2. The number of fused-ring (bicyclic) bond motifs is 1. The molecule has 1 aliphatic heterocycles. The Bertz CT molecular complexity index is 667. The van der Waals surface area contributed by atoms with Crippen LogP contribution in [0.4, 0.5) is 0 Å². The maximum Gasteiger partial charge on any atom is 0.357 e. The van der Waals surface area contributed by atoms with Gasteiger partial charge < -0.3 is 5.32 Å². The molecule has 1 fully saturated rings. The average Bonchev–Trinajstić information content (AvgIpc) is 2.64. The fourth-order valence-electron chi connectivity index (χ4n) is 2.41. The quantitative estimate of drug-likeness (QED) is 0.795. The Labute approximate surface area is 115 Å². The Hall–Kier alpha value is -1.99. The van der Waals surface area contributed by atoms with Crippen LogP contribution in [0.2, 0.25) is 0 Å². The molecule has 0 spiro atoms. The highest BCUT2D eigenvalue weighted by atomic mass is 16.2. The zero-order valence-corrected chi connectivity index (χ0v) is 11.2. The Morgan fingerprint density at radius 3 is 3.05 bits per heavy atom. The molecule has 3 heterocycles. The van der Waals surface area contributed by atoms with Gasteiger partial charge in [-0.15, -0.1) is 9.78 Å². The van der Waals surface area contributed by atoms with Crippen molar-refractivity contribution in [3.63, 3.8) is 0 Å². The summed E-state index contributed by atoms with van der Waals surface area (Å²) in [6.07, 6.45) is 2.62. The molecule has 20 heavy (non-hydrogen) atoms. The van der Waals surface area contributed by atoms with E-state index in [0.29, 0.717) is 5.65 Å². The molecule has 7 nitrogen and oxygen atoms in total. The largest absolute Gasteiger partial charge is 0.357 e. The lowest BCUT2D eigenvalue weighted by Crippen LogP contribution is -2.39. The van der Waals surface area contributed by atoms with E-state index in [-0.39, 0.29) is 12.5 Å². The van der Waals surface area contributed by atoms with Crippen LogP contribution in [0.15, 0.2) is 29.2 Å². The van der Waals surface area contributed by atoms with Crippen LogP contribution in [0.1, 0.15) is 11.2 Å². The summed E-state index contributed by atoms with van der Waals surface area (Å²) in [7, 11) is 0. The minimum atomic E-state index is -0.404. The van der Waals surface area contributed by atoms with Crippen molar-refractivity contribution in [1.29, 1.82) is 0 Å². The third-order valence-corrected chi connectivity index (χ3v) is 3.46. The van der Waals surface area contributed by atoms with Gasteiger partial charge in [0.1, 0.15) is 0 Å². The van der Waals surface area contributed by atoms with E-state index in [1.165, 1.54) is 4.40 Å². The molecular formula is C13H17N5O2. The molecule has 0 radical (unpaired) electrons. The van der Waals surface area contributed by atoms with Crippen molar-refractivity contribution in [3.05, 3.63) is 34.9 Å². The van der Waals surface area contributed by atoms with E-state index >= 15 is 0 Å². The number of rotatable bonds is 2. The molecule has 0 unspecified atom stereocenters. The van der Waals surface area contributed by atoms with Crippen LogP contribution < -0.4 is 11.0 Å². The van der Waals surface area contributed by atoms with Gasteiger partial charge in [-0.05, 0) is 31.6 Å². The van der Waals surface area contributed by atoms with Crippen LogP contribution in [0.3, 0.4) is 0 Å². The highest BCUT2D eigenvalue weighted by Gasteiger charge is 2.18. The van der Waals surface area contributed by atoms with Crippen molar-refractivity contribution in [1.82, 2.24) is 24.4 Å². The third-order valence-electron chi connectivity index (χ3n) is 3.46. The Morgan fingerprint density at radius 1 is 1.30 bits per heavy atom. The predicted octanol–water partition coefficient (Wildman–Crippen LogP) is -0.568. The Balaban J connectivity index is 1.81. The van der Waals surface area contributed by atoms with E-state index in [9.17, 15) is 9.59 Å². The smallest absolute Gasteiger partial charge is 0.315 e. The van der Waals surface area contributed by atoms with E-state index < -0.39 is 5.69 Å². The molecule has 0 amide bonds. The third kappa shape index (κ3) is 2.50. The normalized spacial score (nSPS) is 17.2. The molecule has 0 atom stereocenters. The number of carbonyl (C=O) groups is 1. The summed E-state index contributed by atoms with van der Waals surface area (Å²) in [6, 6.07) is 5.24. The Morgan fingerprint density at radius 2 is 2.20 bits per heavy atom. The van der Waals surface area contributed by atoms with Crippen LogP contribution in [-0.4, -0.2) is 57.7 Å². The average molecular weight is 275 g/mol. The number of nitrogens with one attached hydrogen (secondary N) is 1. The van der Waals surface area contributed by atoms with Crippen LogP contribution in [0, 0.1) is 0 Å². The van der Waals surface area contributed by atoms with Crippen molar-refractivity contribution in [3.8, 4) is 0 Å². The fraction of sp³-hybridized carbons (Fsp3) is 0.462. The van der Waals surface area contributed by atoms with Gasteiger partial charge in [-0.25, -0.2) is 9.20 Å². The second-order valence-electron chi connectivity index (χ2n) is 4.90. The van der Waals surface area contributed by atoms with Gasteiger partial charge >= 0.3 is 5.69 Å². The van der Waals surface area contributed by atoms with Crippen LogP contribution in [0.5, 0.6) is 0 Å². The highest BCUT2D eigenvalue weighted by molar-refractivity contribution is 5.80. The summed E-state index contributed by atoms with van der Waals surface area (Å²) in [5.41, 5.74) is 0.0851. The molecule has 0 aromatic carbocycles. The van der Waals surface area contributed by atoms with Crippen molar-refractivity contribution >= 4 is 11.6 Å². The van der Waals surface area contributed by atoms with E-state index in [1.807, 2.05) is 0 Å². The van der Waals surface area contributed by atoms with Crippen LogP contribution in [-0.2, 0) is 0 Å². The zero-order chi connectivity index (χ0) is 13.9. The second kappa shape index (κ2) is 5.56. The van der Waals surface area contributed by atoms with E-state index in [0.717, 1.165) is 37.3 Å². The number of hydrogen-bond acceptors (Lipinski definition) is 5. The van der Waals surface area contributed by atoms with E-state index in [1.54, 1.807) is 24.4 Å². The lowest BCUT2D eigenvalue weighted by Gasteiger charge is -2.17. The first-order chi connectivity index (χ1) is 9.75. The lowest BCUT2D eigenvalue weighted by molar-refractivity contribution is 0.0832. The molecule has 1 saturated heterocycles. The van der Waals surface area contributed by atoms with E-state index in [4.69, 9.17) is 0 Å². The maximum atomic E-state index is 12.2. The zero-order valence-electron chi connectivity index (χ0n) is 11.2. The summed E-state index contributed by atoms with van der Waals surface area (Å²) in [5, 5.41) is 7.36. The van der Waals surface area contributed by atoms with Crippen LogP contribution in [0.25, 0.3) is 5.65 Å². The standard InChI is InChI=1S/C13H17N5O2/c19-12(10-16-7-3-5-14-6-9-16)18-13(20)17-8-2-1-4-11(17)15-18/h1-2,4,8,14H,3,5-7,9-10H2. The molecule has 7 heteroatoms. The van der Waals surface area contributed by atoms with Crippen molar-refractivity contribution in [2.75, 3.05) is 32.7 Å². The first kappa shape index (κ1) is 13.0. The van der Waals surface area contributed by atoms with Gasteiger partial charge in [0.2, 0.25) is 0 Å². The Kier molecular flexibility index (Phi) is 3.62. The molecular weight excluding hydrogens is 258 g/mol. The van der Waals surface area contributed by atoms with Gasteiger partial charge in [0.25, 0.3) is 5.91 Å². The van der Waals surface area contributed by atoms with Gasteiger partial charge in [-0.3, -0.25) is 9.69 Å². The van der Waals surface area contributed by atoms with Gasteiger partial charge in [0.15, 0.2) is 5.65 Å². The molecule has 3 rings (SSSR count). The molecule has 106 valence electrons. The van der Waals surface area contributed by atoms with Gasteiger partial charge in [-0.1, -0.05) is 6.07 Å². The highest BCUT2D eigenvalue weighted by Crippen LogP contribution is 1.98. The van der Waals surface area contributed by atoms with Crippen molar-refractivity contribution < 1.29 is 4.79 Å². The summed E-state index contributed by atoms with van der Waals surface area (Å²) in [4.78, 5) is 26.4. The van der Waals surface area contributed by atoms with Crippen molar-refractivity contribution in [2.24, 2.45) is 0 Å². The molecule has 2 aromatic heterocycles. The number of aromatic nitrogens is 3. The number of carbonyl (C=O) groups excluding carboxylic acids is 1. The fourth-order valence-corrected chi connectivity index (χ4v) is 2.41. The lowest BCUT2D eigenvalue weighted by atomic mass is 10.4. The summed E-state index contributed by atoms with van der Waals surface area (Å²) in [6.45, 7) is 3.74. The van der Waals surface area contributed by atoms with Gasteiger partial charge in [0.05, 0.1) is 6.54 Å². The van der Waals surface area contributed by atoms with E-state index in [2.05, 4.69) is 15.3 Å². The number of pyridine rings is 1.